The van der Waals surface area contributed by atoms with E-state index in [1.54, 1.807) is 0 Å². The molecule has 0 fully saturated rings. The first-order valence-corrected chi connectivity index (χ1v) is 7.10. The van der Waals surface area contributed by atoms with Gasteiger partial charge in [0.2, 0.25) is 0 Å². The van der Waals surface area contributed by atoms with Gasteiger partial charge in [0.15, 0.2) is 0 Å². The third-order valence-electron chi connectivity index (χ3n) is 2.80. The lowest BCUT2D eigenvalue weighted by Gasteiger charge is -2.18. The molecule has 0 aliphatic heterocycles. The molecule has 1 N–H and O–H groups in total. The number of benzene rings is 1. The van der Waals surface area contributed by atoms with Gasteiger partial charge in [-0.3, -0.25) is 0 Å². The molecule has 3 heteroatoms. The molecule has 0 spiro atoms. The minimum Gasteiger partial charge on any atom is -0.314 e. The lowest BCUT2D eigenvalue weighted by molar-refractivity contribution is 0.473. The van der Waals surface area contributed by atoms with Gasteiger partial charge in [-0.1, -0.05) is 49.5 Å². The summed E-state index contributed by atoms with van der Waals surface area (Å²) in [4.78, 5) is 0. The standard InChI is InChI=1S/C14H21Cl2N/c1-3-5-13(17-8-4-2)9-11-6-7-12(15)10-14(11)16/h6-7,10,13,17H,3-5,8-9H2,1-2H3. The van der Waals surface area contributed by atoms with E-state index in [4.69, 9.17) is 23.2 Å². The molecule has 0 saturated heterocycles. The van der Waals surface area contributed by atoms with Crippen LogP contribution in [0.3, 0.4) is 0 Å². The summed E-state index contributed by atoms with van der Waals surface area (Å²) in [5, 5.41) is 5.05. The number of nitrogens with one attached hydrogen (secondary N) is 1. The Balaban J connectivity index is 2.64. The van der Waals surface area contributed by atoms with E-state index in [-0.39, 0.29) is 0 Å². The molecule has 0 aliphatic rings. The molecule has 1 atom stereocenters. The Hall–Kier alpha value is -0.240. The second-order valence-corrected chi connectivity index (χ2v) is 5.22. The second kappa shape index (κ2) is 7.97. The molecular weight excluding hydrogens is 253 g/mol. The molecule has 0 radical (unpaired) electrons. The highest BCUT2D eigenvalue weighted by Gasteiger charge is 2.10. The summed E-state index contributed by atoms with van der Waals surface area (Å²) in [5.41, 5.74) is 1.18. The van der Waals surface area contributed by atoms with Gasteiger partial charge >= 0.3 is 0 Å². The zero-order valence-electron chi connectivity index (χ0n) is 10.6. The maximum atomic E-state index is 6.20. The quantitative estimate of drug-likeness (QED) is 0.759. The molecule has 1 aromatic rings. The molecule has 0 aliphatic carbocycles. The largest absolute Gasteiger partial charge is 0.314 e. The first-order chi connectivity index (χ1) is 8.17. The van der Waals surface area contributed by atoms with Crippen molar-refractivity contribution in [3.8, 4) is 0 Å². The van der Waals surface area contributed by atoms with Gasteiger partial charge in [0.1, 0.15) is 0 Å². The van der Waals surface area contributed by atoms with Crippen molar-refractivity contribution in [2.24, 2.45) is 0 Å². The van der Waals surface area contributed by atoms with Crippen LogP contribution in [0, 0.1) is 0 Å². The Labute approximate surface area is 115 Å². The average molecular weight is 274 g/mol. The van der Waals surface area contributed by atoms with Crippen molar-refractivity contribution >= 4 is 23.2 Å². The maximum absolute atomic E-state index is 6.20. The van der Waals surface area contributed by atoms with Crippen molar-refractivity contribution in [3.63, 3.8) is 0 Å². The van der Waals surface area contributed by atoms with Gasteiger partial charge in [-0.15, -0.1) is 0 Å². The van der Waals surface area contributed by atoms with Crippen LogP contribution in [0.15, 0.2) is 18.2 Å². The number of rotatable bonds is 7. The normalized spacial score (nSPS) is 12.7. The summed E-state index contributed by atoms with van der Waals surface area (Å²) in [6.45, 7) is 5.46. The predicted molar refractivity (Wildman–Crippen MR) is 77.2 cm³/mol. The summed E-state index contributed by atoms with van der Waals surface area (Å²) in [7, 11) is 0. The van der Waals surface area contributed by atoms with Crippen molar-refractivity contribution in [1.82, 2.24) is 5.32 Å². The second-order valence-electron chi connectivity index (χ2n) is 4.38. The van der Waals surface area contributed by atoms with Gasteiger partial charge in [0.05, 0.1) is 0 Å². The summed E-state index contributed by atoms with van der Waals surface area (Å²) in [6.07, 6.45) is 4.50. The van der Waals surface area contributed by atoms with Crippen LogP contribution >= 0.6 is 23.2 Å². The van der Waals surface area contributed by atoms with Crippen LogP contribution in [0.2, 0.25) is 10.0 Å². The smallest absolute Gasteiger partial charge is 0.0453 e. The molecule has 17 heavy (non-hydrogen) atoms. The highest BCUT2D eigenvalue weighted by molar-refractivity contribution is 6.35. The van der Waals surface area contributed by atoms with E-state index in [2.05, 4.69) is 19.2 Å². The summed E-state index contributed by atoms with van der Waals surface area (Å²) < 4.78 is 0. The molecule has 1 aromatic carbocycles. The number of hydrogen-bond acceptors (Lipinski definition) is 1. The zero-order chi connectivity index (χ0) is 12.7. The van der Waals surface area contributed by atoms with Crippen LogP contribution in [-0.2, 0) is 6.42 Å². The summed E-state index contributed by atoms with van der Waals surface area (Å²) >= 11 is 12.1. The Morgan fingerprint density at radius 2 is 1.94 bits per heavy atom. The van der Waals surface area contributed by atoms with Crippen molar-refractivity contribution < 1.29 is 0 Å². The van der Waals surface area contributed by atoms with Gasteiger partial charge in [-0.25, -0.2) is 0 Å². The van der Waals surface area contributed by atoms with E-state index in [0.29, 0.717) is 11.1 Å². The van der Waals surface area contributed by atoms with Crippen LogP contribution < -0.4 is 5.32 Å². The van der Waals surface area contributed by atoms with Crippen LogP contribution in [-0.4, -0.2) is 12.6 Å². The van der Waals surface area contributed by atoms with Gasteiger partial charge in [-0.05, 0) is 43.5 Å². The molecule has 1 unspecified atom stereocenters. The molecule has 1 rings (SSSR count). The van der Waals surface area contributed by atoms with E-state index in [0.717, 1.165) is 24.4 Å². The SMILES string of the molecule is CCCNC(CCC)Cc1ccc(Cl)cc1Cl. The van der Waals surface area contributed by atoms with E-state index in [9.17, 15) is 0 Å². The van der Waals surface area contributed by atoms with Crippen LogP contribution in [0.5, 0.6) is 0 Å². The molecule has 0 heterocycles. The van der Waals surface area contributed by atoms with Crippen molar-refractivity contribution in [2.75, 3.05) is 6.54 Å². The Morgan fingerprint density at radius 1 is 1.18 bits per heavy atom. The summed E-state index contributed by atoms with van der Waals surface area (Å²) in [5.74, 6) is 0. The lowest BCUT2D eigenvalue weighted by atomic mass is 10.0. The Morgan fingerprint density at radius 3 is 2.53 bits per heavy atom. The fourth-order valence-electron chi connectivity index (χ4n) is 1.93. The zero-order valence-corrected chi connectivity index (χ0v) is 12.1. The van der Waals surface area contributed by atoms with E-state index >= 15 is 0 Å². The van der Waals surface area contributed by atoms with E-state index < -0.39 is 0 Å². The van der Waals surface area contributed by atoms with Gasteiger partial charge in [0.25, 0.3) is 0 Å². The fourth-order valence-corrected chi connectivity index (χ4v) is 2.41. The van der Waals surface area contributed by atoms with Crippen molar-refractivity contribution in [2.45, 2.75) is 45.6 Å². The average Bonchev–Trinajstić information content (AvgIpc) is 2.29. The maximum Gasteiger partial charge on any atom is 0.0453 e. The Kier molecular flexibility index (Phi) is 6.94. The molecule has 0 aromatic heterocycles. The molecule has 96 valence electrons. The monoisotopic (exact) mass is 273 g/mol. The molecule has 1 nitrogen and oxygen atoms in total. The van der Waals surface area contributed by atoms with Gasteiger partial charge in [0, 0.05) is 16.1 Å². The highest BCUT2D eigenvalue weighted by atomic mass is 35.5. The Bertz CT molecular complexity index is 339. The first kappa shape index (κ1) is 14.8. The molecular formula is C14H21Cl2N. The van der Waals surface area contributed by atoms with Crippen molar-refractivity contribution in [3.05, 3.63) is 33.8 Å². The number of halogens is 2. The van der Waals surface area contributed by atoms with Crippen LogP contribution in [0.4, 0.5) is 0 Å². The van der Waals surface area contributed by atoms with Crippen LogP contribution in [0.25, 0.3) is 0 Å². The fraction of sp³-hybridized carbons (Fsp3) is 0.571. The van der Waals surface area contributed by atoms with Crippen molar-refractivity contribution in [1.29, 1.82) is 0 Å². The van der Waals surface area contributed by atoms with Gasteiger partial charge < -0.3 is 5.32 Å². The third-order valence-corrected chi connectivity index (χ3v) is 3.39. The minimum atomic E-state index is 0.513. The highest BCUT2D eigenvalue weighted by Crippen LogP contribution is 2.22. The van der Waals surface area contributed by atoms with E-state index in [1.165, 1.54) is 18.4 Å². The molecule has 0 amide bonds. The molecule has 0 bridgehead atoms. The number of hydrogen-bond donors (Lipinski definition) is 1. The van der Waals surface area contributed by atoms with Gasteiger partial charge in [-0.2, -0.15) is 0 Å². The topological polar surface area (TPSA) is 12.0 Å². The first-order valence-electron chi connectivity index (χ1n) is 6.34. The molecule has 0 saturated carbocycles. The lowest BCUT2D eigenvalue weighted by Crippen LogP contribution is -2.31. The minimum absolute atomic E-state index is 0.513. The third kappa shape index (κ3) is 5.29. The summed E-state index contributed by atoms with van der Waals surface area (Å²) in [6, 6.07) is 6.27. The van der Waals surface area contributed by atoms with E-state index in [1.807, 2.05) is 18.2 Å². The predicted octanol–water partition coefficient (Wildman–Crippen LogP) is 4.70. The van der Waals surface area contributed by atoms with Crippen LogP contribution in [0.1, 0.15) is 38.7 Å².